The van der Waals surface area contributed by atoms with Crippen molar-refractivity contribution in [2.45, 2.75) is 119 Å². The molecule has 0 amide bonds. The maximum atomic E-state index is 14.1. The van der Waals surface area contributed by atoms with Crippen molar-refractivity contribution in [3.8, 4) is 28.7 Å². The second-order valence-electron chi connectivity index (χ2n) is 12.5. The summed E-state index contributed by atoms with van der Waals surface area (Å²) in [5.41, 5.74) is 0.355. The van der Waals surface area contributed by atoms with E-state index >= 15 is 0 Å². The number of hydrogen-bond donors (Lipinski definition) is 0. The third-order valence-electron chi connectivity index (χ3n) is 9.00. The molecule has 0 aliphatic rings. The van der Waals surface area contributed by atoms with Crippen molar-refractivity contribution in [1.29, 1.82) is 0 Å². The Labute approximate surface area is 300 Å². The number of benzene rings is 2. The molecule has 0 fully saturated rings. The molecule has 2 aromatic rings. The molecule has 47 heavy (non-hydrogen) atoms. The zero-order chi connectivity index (χ0) is 33.7. The molecule has 0 heterocycles. The van der Waals surface area contributed by atoms with Crippen molar-refractivity contribution >= 4 is 19.4 Å². The van der Waals surface area contributed by atoms with Crippen LogP contribution in [0.25, 0.3) is 0 Å². The minimum absolute atomic E-state index is 0. The molecule has 0 radical (unpaired) electrons. The fourth-order valence-corrected chi connectivity index (χ4v) is 6.71. The Bertz CT molecular complexity index is 1080. The fraction of sp³-hybridized carbons (Fsp3) is 0.667. The van der Waals surface area contributed by atoms with Gasteiger partial charge in [0, 0.05) is 12.1 Å². The van der Waals surface area contributed by atoms with Gasteiger partial charge in [0.1, 0.15) is 34.3 Å². The summed E-state index contributed by atoms with van der Waals surface area (Å²) in [6.07, 6.45) is 13.6. The van der Waals surface area contributed by atoms with E-state index in [4.69, 9.17) is 23.7 Å². The molecule has 4 atom stereocenters. The van der Waals surface area contributed by atoms with E-state index in [2.05, 4.69) is 41.5 Å². The molecular formula is C39H63LiO6P+. The Kier molecular flexibility index (Phi) is 23.1. The maximum absolute atomic E-state index is 14.1. The largest absolute Gasteiger partial charge is 1.00 e. The van der Waals surface area contributed by atoms with Crippen LogP contribution in [0.5, 0.6) is 28.7 Å². The molecule has 4 unspecified atom stereocenters. The standard InChI is InChI=1S/C39H63O6P.Li/c1-9-15-19-29(12-4)26-43-32-24-35(44-27-30(13-5)20-16-10-2)38(36(25-32)45-28-31(14-6)21-17-11-3)46-39(40)37-33(41-7)22-18-23-34(37)42-8;/h18,22-25,29-31,46H,9-17,19-21,26-28H2,1-8H3;/q;+1. The second kappa shape index (κ2) is 25.2. The van der Waals surface area contributed by atoms with Gasteiger partial charge < -0.3 is 23.7 Å². The Morgan fingerprint density at radius 3 is 1.40 bits per heavy atom. The van der Waals surface area contributed by atoms with E-state index in [9.17, 15) is 4.79 Å². The van der Waals surface area contributed by atoms with Crippen molar-refractivity contribution in [1.82, 2.24) is 0 Å². The third kappa shape index (κ3) is 14.7. The Morgan fingerprint density at radius 1 is 0.638 bits per heavy atom. The van der Waals surface area contributed by atoms with E-state index in [1.54, 1.807) is 26.4 Å². The molecule has 2 aromatic carbocycles. The first-order chi connectivity index (χ1) is 22.4. The van der Waals surface area contributed by atoms with E-state index in [-0.39, 0.29) is 33.0 Å². The summed E-state index contributed by atoms with van der Waals surface area (Å²) >= 11 is 0. The van der Waals surface area contributed by atoms with Crippen LogP contribution in [0.4, 0.5) is 0 Å². The van der Waals surface area contributed by atoms with Crippen LogP contribution < -0.4 is 47.8 Å². The van der Waals surface area contributed by atoms with E-state index in [0.29, 0.717) is 66.1 Å². The molecular weight excluding hydrogens is 602 g/mol. The molecule has 8 heteroatoms. The minimum Gasteiger partial charge on any atom is -0.496 e. The topological polar surface area (TPSA) is 63.2 Å². The van der Waals surface area contributed by atoms with Crippen LogP contribution in [-0.2, 0) is 0 Å². The van der Waals surface area contributed by atoms with E-state index in [0.717, 1.165) is 62.4 Å². The van der Waals surface area contributed by atoms with E-state index < -0.39 is 0 Å². The van der Waals surface area contributed by atoms with Gasteiger partial charge in [-0.3, -0.25) is 4.79 Å². The molecule has 0 saturated heterocycles. The van der Waals surface area contributed by atoms with Gasteiger partial charge in [-0.05, 0) is 57.7 Å². The summed E-state index contributed by atoms with van der Waals surface area (Å²) in [4.78, 5) is 14.1. The van der Waals surface area contributed by atoms with Crippen LogP contribution in [0.1, 0.15) is 129 Å². The smallest absolute Gasteiger partial charge is 0.496 e. The SMILES string of the molecule is CCCCC(CC)COc1cc(OCC(CC)CCCC)c(PC(=O)c2c(OC)cccc2OC)c(OCC(CC)CCCC)c1.[Li+]. The zero-order valence-electron chi connectivity index (χ0n) is 31.2. The van der Waals surface area contributed by atoms with Gasteiger partial charge in [-0.2, -0.15) is 0 Å². The number of carbonyl (C=O) groups is 1. The average Bonchev–Trinajstić information content (AvgIpc) is 3.08. The minimum atomic E-state index is -0.248. The molecule has 0 aliphatic heterocycles. The Hall–Kier alpha value is -1.86. The van der Waals surface area contributed by atoms with Gasteiger partial charge in [-0.25, -0.2) is 0 Å². The van der Waals surface area contributed by atoms with Crippen molar-refractivity contribution in [2.75, 3.05) is 34.0 Å². The van der Waals surface area contributed by atoms with Gasteiger partial charge in [-0.1, -0.05) is 105 Å². The number of carbonyl (C=O) groups excluding carboxylic acids is 1. The van der Waals surface area contributed by atoms with Crippen LogP contribution in [-0.4, -0.2) is 39.6 Å². The summed E-state index contributed by atoms with van der Waals surface area (Å²) in [6.45, 7) is 15.2. The predicted molar refractivity (Wildman–Crippen MR) is 195 cm³/mol. The summed E-state index contributed by atoms with van der Waals surface area (Å²) in [5, 5.41) is 0.777. The van der Waals surface area contributed by atoms with Crippen LogP contribution in [0, 0.1) is 17.8 Å². The van der Waals surface area contributed by atoms with Gasteiger partial charge >= 0.3 is 18.9 Å². The van der Waals surface area contributed by atoms with Crippen molar-refractivity contribution in [3.63, 3.8) is 0 Å². The summed E-state index contributed by atoms with van der Waals surface area (Å²) < 4.78 is 31.0. The number of rotatable bonds is 26. The molecule has 0 N–H and O–H groups in total. The number of methoxy groups -OCH3 is 2. The molecule has 2 rings (SSSR count). The average molecular weight is 666 g/mol. The quantitative estimate of drug-likeness (QED) is 0.0761. The van der Waals surface area contributed by atoms with Gasteiger partial charge in [0.25, 0.3) is 0 Å². The fourth-order valence-electron chi connectivity index (χ4n) is 5.57. The first-order valence-corrected chi connectivity index (χ1v) is 19.0. The summed E-state index contributed by atoms with van der Waals surface area (Å²) in [6, 6.07) is 9.39. The first kappa shape index (κ1) is 43.2. The Morgan fingerprint density at radius 2 is 1.04 bits per heavy atom. The molecule has 0 saturated carbocycles. The molecule has 260 valence electrons. The molecule has 6 nitrogen and oxygen atoms in total. The molecule has 0 aromatic heterocycles. The summed E-state index contributed by atoms with van der Waals surface area (Å²) in [5.74, 6) is 4.44. The zero-order valence-corrected chi connectivity index (χ0v) is 32.2. The van der Waals surface area contributed by atoms with Crippen molar-refractivity contribution < 1.29 is 47.3 Å². The number of ether oxygens (including phenoxy) is 5. The third-order valence-corrected chi connectivity index (χ3v) is 10.2. The molecule has 0 bridgehead atoms. The predicted octanol–water partition coefficient (Wildman–Crippen LogP) is 7.64. The molecule has 0 aliphatic carbocycles. The van der Waals surface area contributed by atoms with E-state index in [1.807, 2.05) is 18.2 Å². The number of hydrogen-bond acceptors (Lipinski definition) is 6. The van der Waals surface area contributed by atoms with Crippen LogP contribution in [0.3, 0.4) is 0 Å². The number of unbranched alkanes of at least 4 members (excludes halogenated alkanes) is 3. The van der Waals surface area contributed by atoms with E-state index in [1.165, 1.54) is 25.7 Å². The summed E-state index contributed by atoms with van der Waals surface area (Å²) in [7, 11) is 2.91. The maximum Gasteiger partial charge on any atom is 1.00 e. The van der Waals surface area contributed by atoms with Crippen LogP contribution in [0.15, 0.2) is 30.3 Å². The van der Waals surface area contributed by atoms with Gasteiger partial charge in [0.05, 0.1) is 39.3 Å². The first-order valence-electron chi connectivity index (χ1n) is 18.0. The van der Waals surface area contributed by atoms with Crippen molar-refractivity contribution in [2.24, 2.45) is 17.8 Å². The normalized spacial score (nSPS) is 13.1. The second-order valence-corrected chi connectivity index (χ2v) is 13.7. The monoisotopic (exact) mass is 665 g/mol. The van der Waals surface area contributed by atoms with Gasteiger partial charge in [0.15, 0.2) is 5.52 Å². The van der Waals surface area contributed by atoms with Crippen LogP contribution >= 0.6 is 8.58 Å². The molecule has 0 spiro atoms. The van der Waals surface area contributed by atoms with Gasteiger partial charge in [-0.15, -0.1) is 0 Å². The van der Waals surface area contributed by atoms with Crippen molar-refractivity contribution in [3.05, 3.63) is 35.9 Å². The van der Waals surface area contributed by atoms with Crippen LogP contribution in [0.2, 0.25) is 0 Å². The Balaban J connectivity index is 0.0000110. The van der Waals surface area contributed by atoms with Gasteiger partial charge in [0.2, 0.25) is 0 Å².